The van der Waals surface area contributed by atoms with Crippen LogP contribution in [0.5, 0.6) is 5.75 Å². The summed E-state index contributed by atoms with van der Waals surface area (Å²) in [6, 6.07) is 7.17. The zero-order valence-electron chi connectivity index (χ0n) is 15.9. The molecule has 28 heavy (non-hydrogen) atoms. The van der Waals surface area contributed by atoms with E-state index in [9.17, 15) is 14.9 Å². The topological polar surface area (TPSA) is 88.4 Å². The third-order valence-corrected chi connectivity index (χ3v) is 5.56. The van der Waals surface area contributed by atoms with E-state index in [2.05, 4.69) is 21.2 Å². The molecule has 0 unspecified atom stereocenters. The van der Waals surface area contributed by atoms with Crippen LogP contribution in [0.3, 0.4) is 0 Å². The molecule has 0 aliphatic heterocycles. The van der Waals surface area contributed by atoms with Crippen molar-refractivity contribution in [3.8, 4) is 11.8 Å². The number of nitrogens with zero attached hydrogens (tertiary/aromatic N) is 1. The van der Waals surface area contributed by atoms with E-state index < -0.39 is 11.9 Å². The molecule has 146 valence electrons. The Balaban J connectivity index is 2.39. The molecule has 1 N–H and O–H groups in total. The maximum atomic E-state index is 12.7. The number of benzene rings is 1. The van der Waals surface area contributed by atoms with Gasteiger partial charge in [0.05, 0.1) is 19.3 Å². The highest BCUT2D eigenvalue weighted by atomic mass is 79.9. The molecule has 6 nitrogen and oxygen atoms in total. The van der Waals surface area contributed by atoms with Gasteiger partial charge < -0.3 is 14.8 Å². The van der Waals surface area contributed by atoms with Crippen molar-refractivity contribution in [3.63, 3.8) is 0 Å². The van der Waals surface area contributed by atoms with Gasteiger partial charge in [-0.05, 0) is 50.6 Å². The Bertz CT molecular complexity index is 989. The largest absolute Gasteiger partial charge is 0.496 e. The van der Waals surface area contributed by atoms with E-state index in [4.69, 9.17) is 9.47 Å². The van der Waals surface area contributed by atoms with E-state index in [0.29, 0.717) is 21.9 Å². The number of aryl methyl sites for hydroxylation is 1. The second kappa shape index (κ2) is 9.53. The second-order valence-corrected chi connectivity index (χ2v) is 7.86. The Hall–Kier alpha value is -2.63. The summed E-state index contributed by atoms with van der Waals surface area (Å²) in [7, 11) is 1.51. The van der Waals surface area contributed by atoms with Crippen molar-refractivity contribution in [1.29, 1.82) is 5.26 Å². The van der Waals surface area contributed by atoms with Crippen molar-refractivity contribution in [2.24, 2.45) is 0 Å². The fourth-order valence-electron chi connectivity index (χ4n) is 2.46. The SMILES string of the molecule is CCOC(=O)c1c(NC(=O)/C(C#N)=C/c2cc(Br)ccc2OC)sc(C)c1C. The molecular formula is C20H19BrN2O4S. The molecule has 0 fully saturated rings. The molecule has 1 aromatic carbocycles. The number of nitriles is 1. The fourth-order valence-corrected chi connectivity index (χ4v) is 3.88. The highest BCUT2D eigenvalue weighted by Gasteiger charge is 2.23. The summed E-state index contributed by atoms with van der Waals surface area (Å²) in [6.07, 6.45) is 1.44. The molecule has 0 spiro atoms. The van der Waals surface area contributed by atoms with Gasteiger partial charge in [0.15, 0.2) is 0 Å². The third-order valence-electron chi connectivity index (χ3n) is 3.95. The minimum atomic E-state index is -0.615. The zero-order valence-corrected chi connectivity index (χ0v) is 18.3. The molecule has 0 saturated carbocycles. The fraction of sp³-hybridized carbons (Fsp3) is 0.250. The van der Waals surface area contributed by atoms with Crippen LogP contribution in [-0.2, 0) is 9.53 Å². The summed E-state index contributed by atoms with van der Waals surface area (Å²) in [5, 5.41) is 12.5. The Morgan fingerprint density at radius 1 is 1.36 bits per heavy atom. The number of carbonyl (C=O) groups excluding carboxylic acids is 2. The average molecular weight is 463 g/mol. The summed E-state index contributed by atoms with van der Waals surface area (Å²) in [6.45, 7) is 5.59. The van der Waals surface area contributed by atoms with E-state index in [1.165, 1.54) is 24.5 Å². The second-order valence-electron chi connectivity index (χ2n) is 5.72. The van der Waals surface area contributed by atoms with Gasteiger partial charge in [0.1, 0.15) is 22.4 Å². The lowest BCUT2D eigenvalue weighted by molar-refractivity contribution is -0.112. The summed E-state index contributed by atoms with van der Waals surface area (Å²) >= 11 is 4.63. The quantitative estimate of drug-likeness (QED) is 0.376. The predicted octanol–water partition coefficient (Wildman–Crippen LogP) is 4.86. The van der Waals surface area contributed by atoms with Crippen molar-refractivity contribution < 1.29 is 19.1 Å². The monoisotopic (exact) mass is 462 g/mol. The van der Waals surface area contributed by atoms with Crippen LogP contribution in [0, 0.1) is 25.2 Å². The number of anilines is 1. The number of methoxy groups -OCH3 is 1. The van der Waals surface area contributed by atoms with E-state index in [-0.39, 0.29) is 12.2 Å². The number of nitrogens with one attached hydrogen (secondary N) is 1. The maximum absolute atomic E-state index is 12.7. The molecule has 1 heterocycles. The van der Waals surface area contributed by atoms with Gasteiger partial charge in [0, 0.05) is 14.9 Å². The molecule has 8 heteroatoms. The molecule has 0 bridgehead atoms. The average Bonchev–Trinajstić information content (AvgIpc) is 2.93. The number of rotatable bonds is 6. The van der Waals surface area contributed by atoms with Crippen LogP contribution >= 0.6 is 27.3 Å². The number of thiophene rings is 1. The lowest BCUT2D eigenvalue weighted by Gasteiger charge is -2.08. The molecule has 1 amide bonds. The first-order chi connectivity index (χ1) is 13.3. The molecule has 1 aromatic heterocycles. The number of ether oxygens (including phenoxy) is 2. The minimum Gasteiger partial charge on any atom is -0.496 e. The smallest absolute Gasteiger partial charge is 0.341 e. The number of esters is 1. The van der Waals surface area contributed by atoms with E-state index in [1.54, 1.807) is 32.0 Å². The van der Waals surface area contributed by atoms with Crippen molar-refractivity contribution in [2.75, 3.05) is 19.0 Å². The van der Waals surface area contributed by atoms with Crippen LogP contribution in [0.25, 0.3) is 6.08 Å². The highest BCUT2D eigenvalue weighted by Crippen LogP contribution is 2.33. The molecule has 2 rings (SSSR count). The van der Waals surface area contributed by atoms with Crippen molar-refractivity contribution in [3.05, 3.63) is 49.8 Å². The number of amides is 1. The Morgan fingerprint density at radius 2 is 2.07 bits per heavy atom. The zero-order chi connectivity index (χ0) is 20.8. The summed E-state index contributed by atoms with van der Waals surface area (Å²) in [5.41, 5.74) is 1.52. The number of halogens is 1. The number of carbonyl (C=O) groups is 2. The van der Waals surface area contributed by atoms with Crippen LogP contribution in [0.15, 0.2) is 28.2 Å². The molecule has 0 atom stereocenters. The summed E-state index contributed by atoms with van der Waals surface area (Å²) in [5.74, 6) is -0.592. The molecule has 0 aliphatic rings. The number of hydrogen-bond acceptors (Lipinski definition) is 6. The predicted molar refractivity (Wildman–Crippen MR) is 113 cm³/mol. The van der Waals surface area contributed by atoms with Crippen molar-refractivity contribution in [2.45, 2.75) is 20.8 Å². The van der Waals surface area contributed by atoms with Gasteiger partial charge >= 0.3 is 5.97 Å². The van der Waals surface area contributed by atoms with Crippen molar-refractivity contribution >= 4 is 50.2 Å². The Morgan fingerprint density at radius 3 is 2.68 bits per heavy atom. The lowest BCUT2D eigenvalue weighted by atomic mass is 10.1. The minimum absolute atomic E-state index is 0.116. The highest BCUT2D eigenvalue weighted by molar-refractivity contribution is 9.10. The Kier molecular flexibility index (Phi) is 7.38. The van der Waals surface area contributed by atoms with Crippen LogP contribution in [0.2, 0.25) is 0 Å². The molecule has 0 radical (unpaired) electrons. The van der Waals surface area contributed by atoms with Crippen LogP contribution < -0.4 is 10.1 Å². The van der Waals surface area contributed by atoms with Crippen molar-refractivity contribution in [1.82, 2.24) is 0 Å². The van der Waals surface area contributed by atoms with Crippen LogP contribution in [-0.4, -0.2) is 25.6 Å². The van der Waals surface area contributed by atoms with Gasteiger partial charge in [0.2, 0.25) is 0 Å². The summed E-state index contributed by atoms with van der Waals surface area (Å²) < 4.78 is 11.1. The molecule has 0 saturated heterocycles. The molecule has 0 aliphatic carbocycles. The lowest BCUT2D eigenvalue weighted by Crippen LogP contribution is -2.16. The first-order valence-electron chi connectivity index (χ1n) is 8.36. The standard InChI is InChI=1S/C20H19BrN2O4S/c1-5-27-20(25)17-11(2)12(3)28-19(17)23-18(24)14(10-22)8-13-9-15(21)6-7-16(13)26-4/h6-9H,5H2,1-4H3,(H,23,24)/b14-8+. The van der Waals surface area contributed by atoms with Gasteiger partial charge in [0.25, 0.3) is 5.91 Å². The van der Waals surface area contributed by atoms with E-state index >= 15 is 0 Å². The van der Waals surface area contributed by atoms with Crippen LogP contribution in [0.4, 0.5) is 5.00 Å². The van der Waals surface area contributed by atoms with Gasteiger partial charge in [-0.1, -0.05) is 15.9 Å². The first-order valence-corrected chi connectivity index (χ1v) is 9.97. The molecule has 2 aromatic rings. The van der Waals surface area contributed by atoms with Gasteiger partial charge in [-0.3, -0.25) is 4.79 Å². The maximum Gasteiger partial charge on any atom is 0.341 e. The first kappa shape index (κ1) is 21.7. The van der Waals surface area contributed by atoms with Gasteiger partial charge in [-0.25, -0.2) is 4.79 Å². The Labute approximate surface area is 175 Å². The third kappa shape index (κ3) is 4.80. The van der Waals surface area contributed by atoms with Crippen LogP contribution in [0.1, 0.15) is 33.3 Å². The van der Waals surface area contributed by atoms with Gasteiger partial charge in [-0.15, -0.1) is 11.3 Å². The summed E-state index contributed by atoms with van der Waals surface area (Å²) in [4.78, 5) is 25.8. The van der Waals surface area contributed by atoms with Gasteiger partial charge in [-0.2, -0.15) is 5.26 Å². The van der Waals surface area contributed by atoms with E-state index in [1.807, 2.05) is 13.0 Å². The normalized spacial score (nSPS) is 10.9. The molecular weight excluding hydrogens is 444 g/mol. The number of hydrogen-bond donors (Lipinski definition) is 1. The van der Waals surface area contributed by atoms with E-state index in [0.717, 1.165) is 14.9 Å².